The van der Waals surface area contributed by atoms with Crippen LogP contribution < -0.4 is 10.6 Å². The van der Waals surface area contributed by atoms with Crippen molar-refractivity contribution in [2.45, 2.75) is 26.5 Å². The van der Waals surface area contributed by atoms with Gasteiger partial charge in [0.25, 0.3) is 0 Å². The van der Waals surface area contributed by atoms with E-state index in [1.54, 1.807) is 7.11 Å². The number of hydrogen-bond acceptors (Lipinski definition) is 3. The molecule has 0 heterocycles. The van der Waals surface area contributed by atoms with Crippen molar-refractivity contribution in [2.24, 2.45) is 0 Å². The van der Waals surface area contributed by atoms with E-state index in [9.17, 15) is 4.79 Å². The Bertz CT molecular complexity index is 349. The van der Waals surface area contributed by atoms with Gasteiger partial charge in [-0.1, -0.05) is 31.2 Å². The van der Waals surface area contributed by atoms with E-state index < -0.39 is 0 Å². The summed E-state index contributed by atoms with van der Waals surface area (Å²) >= 11 is 0. The molecule has 0 fully saturated rings. The van der Waals surface area contributed by atoms with Gasteiger partial charge in [-0.15, -0.1) is 0 Å². The molecule has 100 valence electrons. The van der Waals surface area contributed by atoms with Crippen LogP contribution in [0, 0.1) is 0 Å². The van der Waals surface area contributed by atoms with Crippen LogP contribution in [0.5, 0.6) is 0 Å². The van der Waals surface area contributed by atoms with Gasteiger partial charge in [0.15, 0.2) is 0 Å². The highest BCUT2D eigenvalue weighted by atomic mass is 16.5. The second-order valence-corrected chi connectivity index (χ2v) is 4.20. The number of ether oxygens (including phenoxy) is 1. The van der Waals surface area contributed by atoms with E-state index in [1.165, 1.54) is 0 Å². The van der Waals surface area contributed by atoms with Crippen LogP contribution in [0.4, 0.5) is 0 Å². The Morgan fingerprint density at radius 1 is 1.22 bits per heavy atom. The van der Waals surface area contributed by atoms with Crippen LogP contribution >= 0.6 is 0 Å². The maximum absolute atomic E-state index is 11.3. The topological polar surface area (TPSA) is 50.4 Å². The summed E-state index contributed by atoms with van der Waals surface area (Å²) in [4.78, 5) is 11.3. The van der Waals surface area contributed by atoms with Crippen molar-refractivity contribution < 1.29 is 9.53 Å². The lowest BCUT2D eigenvalue weighted by Crippen LogP contribution is -2.33. The molecule has 0 aliphatic rings. The van der Waals surface area contributed by atoms with Crippen molar-refractivity contribution in [3.8, 4) is 0 Å². The zero-order valence-electron chi connectivity index (χ0n) is 11.2. The third-order valence-corrected chi connectivity index (χ3v) is 2.52. The molecule has 0 spiro atoms. The molecule has 0 aliphatic carbocycles. The molecule has 1 aromatic rings. The van der Waals surface area contributed by atoms with Crippen LogP contribution in [-0.2, 0) is 22.7 Å². The van der Waals surface area contributed by atoms with Gasteiger partial charge in [0.05, 0.1) is 13.2 Å². The second-order valence-electron chi connectivity index (χ2n) is 4.20. The molecule has 1 aromatic carbocycles. The lowest BCUT2D eigenvalue weighted by Gasteiger charge is -2.06. The van der Waals surface area contributed by atoms with Crippen LogP contribution in [-0.4, -0.2) is 26.1 Å². The van der Waals surface area contributed by atoms with Gasteiger partial charge in [-0.2, -0.15) is 0 Å². The first-order valence-corrected chi connectivity index (χ1v) is 6.30. The number of nitrogens with one attached hydrogen (secondary N) is 2. The fourth-order valence-corrected chi connectivity index (χ4v) is 1.57. The van der Waals surface area contributed by atoms with Crippen molar-refractivity contribution in [2.75, 3.05) is 20.2 Å². The third kappa shape index (κ3) is 5.80. The molecule has 1 rings (SSSR count). The van der Waals surface area contributed by atoms with Gasteiger partial charge >= 0.3 is 0 Å². The van der Waals surface area contributed by atoms with Crippen LogP contribution in [0.2, 0.25) is 0 Å². The number of carbonyl (C=O) groups excluding carboxylic acids is 1. The summed E-state index contributed by atoms with van der Waals surface area (Å²) in [5.74, 6) is 0.0489. The Hall–Kier alpha value is -1.39. The van der Waals surface area contributed by atoms with E-state index in [2.05, 4.69) is 10.6 Å². The molecule has 0 atom stereocenters. The molecule has 0 aromatic heterocycles. The molecule has 0 unspecified atom stereocenters. The van der Waals surface area contributed by atoms with E-state index in [4.69, 9.17) is 4.74 Å². The van der Waals surface area contributed by atoms with Crippen LogP contribution in [0.25, 0.3) is 0 Å². The van der Waals surface area contributed by atoms with Gasteiger partial charge < -0.3 is 15.4 Å². The van der Waals surface area contributed by atoms with E-state index in [-0.39, 0.29) is 5.91 Å². The van der Waals surface area contributed by atoms with Gasteiger partial charge in [-0.25, -0.2) is 0 Å². The lowest BCUT2D eigenvalue weighted by molar-refractivity contribution is -0.120. The Balaban J connectivity index is 2.24. The highest BCUT2D eigenvalue weighted by Crippen LogP contribution is 2.04. The van der Waals surface area contributed by atoms with Crippen molar-refractivity contribution in [3.63, 3.8) is 0 Å². The Labute approximate surface area is 109 Å². The van der Waals surface area contributed by atoms with Gasteiger partial charge in [0, 0.05) is 20.2 Å². The summed E-state index contributed by atoms with van der Waals surface area (Å²) < 4.78 is 5.05. The number of benzene rings is 1. The van der Waals surface area contributed by atoms with Gasteiger partial charge in [0.2, 0.25) is 5.91 Å². The quantitative estimate of drug-likeness (QED) is 0.734. The lowest BCUT2D eigenvalue weighted by atomic mass is 10.1. The molecule has 0 saturated heterocycles. The molecule has 0 bridgehead atoms. The number of rotatable bonds is 8. The highest BCUT2D eigenvalue weighted by molar-refractivity contribution is 5.77. The maximum atomic E-state index is 11.3. The summed E-state index contributed by atoms with van der Waals surface area (Å²) in [6, 6.07) is 8.17. The Morgan fingerprint density at radius 2 is 1.89 bits per heavy atom. The largest absolute Gasteiger partial charge is 0.380 e. The molecule has 0 saturated carbocycles. The summed E-state index contributed by atoms with van der Waals surface area (Å²) in [5, 5.41) is 5.95. The zero-order valence-corrected chi connectivity index (χ0v) is 11.2. The molecule has 4 heteroatoms. The molecular weight excluding hydrogens is 228 g/mol. The smallest absolute Gasteiger partial charge is 0.233 e. The van der Waals surface area contributed by atoms with E-state index in [0.29, 0.717) is 19.7 Å². The van der Waals surface area contributed by atoms with Crippen LogP contribution in [0.15, 0.2) is 24.3 Å². The summed E-state index contributed by atoms with van der Waals surface area (Å²) in [6.07, 6.45) is 0.965. The van der Waals surface area contributed by atoms with Crippen molar-refractivity contribution in [1.29, 1.82) is 0 Å². The minimum atomic E-state index is 0.0489. The molecule has 0 radical (unpaired) electrons. The minimum Gasteiger partial charge on any atom is -0.380 e. The third-order valence-electron chi connectivity index (χ3n) is 2.52. The summed E-state index contributed by atoms with van der Waals surface area (Å²) in [6.45, 7) is 4.47. The molecule has 18 heavy (non-hydrogen) atoms. The normalized spacial score (nSPS) is 10.3. The van der Waals surface area contributed by atoms with Gasteiger partial charge in [0.1, 0.15) is 0 Å². The van der Waals surface area contributed by atoms with E-state index in [1.807, 2.05) is 31.2 Å². The van der Waals surface area contributed by atoms with Crippen molar-refractivity contribution >= 4 is 5.91 Å². The first-order valence-electron chi connectivity index (χ1n) is 6.30. The van der Waals surface area contributed by atoms with Crippen LogP contribution in [0.1, 0.15) is 24.5 Å². The van der Waals surface area contributed by atoms with Gasteiger partial charge in [-0.05, 0) is 17.5 Å². The number of methoxy groups -OCH3 is 1. The fourth-order valence-electron chi connectivity index (χ4n) is 1.57. The zero-order chi connectivity index (χ0) is 13.2. The Kier molecular flexibility index (Phi) is 7.06. The first-order chi connectivity index (χ1) is 8.76. The maximum Gasteiger partial charge on any atom is 0.233 e. The van der Waals surface area contributed by atoms with Gasteiger partial charge in [-0.3, -0.25) is 4.79 Å². The minimum absolute atomic E-state index is 0.0489. The van der Waals surface area contributed by atoms with E-state index in [0.717, 1.165) is 24.1 Å². The average molecular weight is 250 g/mol. The standard InChI is InChI=1S/C14H22N2O2/c1-3-8-16-14(17)10-15-9-12-4-6-13(7-5-12)11-18-2/h4-7,15H,3,8-11H2,1-2H3,(H,16,17). The molecular formula is C14H22N2O2. The highest BCUT2D eigenvalue weighted by Gasteiger charge is 1.99. The second kappa shape index (κ2) is 8.66. The summed E-state index contributed by atoms with van der Waals surface area (Å²) in [5.41, 5.74) is 2.32. The average Bonchev–Trinajstić information content (AvgIpc) is 2.39. The fraction of sp³-hybridized carbons (Fsp3) is 0.500. The molecule has 1 amide bonds. The van der Waals surface area contributed by atoms with Crippen LogP contribution in [0.3, 0.4) is 0 Å². The summed E-state index contributed by atoms with van der Waals surface area (Å²) in [7, 11) is 1.68. The molecule has 0 aliphatic heterocycles. The first kappa shape index (κ1) is 14.7. The number of hydrogen-bond donors (Lipinski definition) is 2. The van der Waals surface area contributed by atoms with Crippen molar-refractivity contribution in [3.05, 3.63) is 35.4 Å². The predicted octanol–water partition coefficient (Wildman–Crippen LogP) is 1.45. The molecule has 4 nitrogen and oxygen atoms in total. The number of carbonyl (C=O) groups is 1. The van der Waals surface area contributed by atoms with E-state index >= 15 is 0 Å². The predicted molar refractivity (Wildman–Crippen MR) is 72.2 cm³/mol. The SMILES string of the molecule is CCCNC(=O)CNCc1ccc(COC)cc1. The number of amides is 1. The molecule has 2 N–H and O–H groups in total. The Morgan fingerprint density at radius 3 is 2.50 bits per heavy atom. The van der Waals surface area contributed by atoms with Crippen molar-refractivity contribution in [1.82, 2.24) is 10.6 Å². The monoisotopic (exact) mass is 250 g/mol.